The summed E-state index contributed by atoms with van der Waals surface area (Å²) in [6.45, 7) is 17.1. The van der Waals surface area contributed by atoms with Crippen LogP contribution in [0.2, 0.25) is 0 Å². The topological polar surface area (TPSA) is 73.5 Å². The molecule has 190 valence electrons. The van der Waals surface area contributed by atoms with Crippen LogP contribution >= 0.6 is 0 Å². The SMILES string of the molecule is C=C1/C=C\C(N(C)C(=O)C(C)N2CC(C)OC(C)C2)=C/CN/C(c2n[nH]c3c2CCC(C)(C)C3)=C\1. The van der Waals surface area contributed by atoms with Gasteiger partial charge in [0.25, 0.3) is 0 Å². The van der Waals surface area contributed by atoms with Gasteiger partial charge in [0.2, 0.25) is 5.91 Å². The number of morpholine rings is 1. The summed E-state index contributed by atoms with van der Waals surface area (Å²) < 4.78 is 5.84. The van der Waals surface area contributed by atoms with E-state index in [2.05, 4.69) is 60.8 Å². The van der Waals surface area contributed by atoms with Crippen molar-refractivity contribution < 1.29 is 9.53 Å². The van der Waals surface area contributed by atoms with E-state index in [0.717, 1.165) is 55.0 Å². The highest BCUT2D eigenvalue weighted by atomic mass is 16.5. The summed E-state index contributed by atoms with van der Waals surface area (Å²) in [5.74, 6) is 0.0734. The number of likely N-dealkylation sites (N-methyl/N-ethyl adjacent to an activating group) is 1. The molecule has 1 aromatic rings. The van der Waals surface area contributed by atoms with Gasteiger partial charge in [0, 0.05) is 43.6 Å². The van der Waals surface area contributed by atoms with Crippen LogP contribution < -0.4 is 5.32 Å². The van der Waals surface area contributed by atoms with Crippen LogP contribution in [0.5, 0.6) is 0 Å². The van der Waals surface area contributed by atoms with Gasteiger partial charge >= 0.3 is 0 Å². The summed E-state index contributed by atoms with van der Waals surface area (Å²) >= 11 is 0. The molecule has 1 saturated heterocycles. The Morgan fingerprint density at radius 3 is 2.71 bits per heavy atom. The molecule has 3 aliphatic rings. The number of ether oxygens (including phenoxy) is 1. The first-order valence-corrected chi connectivity index (χ1v) is 12.8. The van der Waals surface area contributed by atoms with Gasteiger partial charge in [-0.05, 0) is 69.2 Å². The van der Waals surface area contributed by atoms with E-state index in [1.165, 1.54) is 11.3 Å². The first-order chi connectivity index (χ1) is 16.5. The van der Waals surface area contributed by atoms with Gasteiger partial charge in [-0.3, -0.25) is 14.8 Å². The van der Waals surface area contributed by atoms with E-state index in [0.29, 0.717) is 12.0 Å². The Hall–Kier alpha value is -2.64. The molecule has 0 aromatic carbocycles. The van der Waals surface area contributed by atoms with Gasteiger partial charge in [-0.1, -0.05) is 26.5 Å². The van der Waals surface area contributed by atoms with Crippen molar-refractivity contribution in [1.82, 2.24) is 25.3 Å². The van der Waals surface area contributed by atoms with E-state index in [1.807, 2.05) is 32.2 Å². The van der Waals surface area contributed by atoms with E-state index in [4.69, 9.17) is 4.74 Å². The number of nitrogens with zero attached hydrogens (tertiary/aromatic N) is 3. The van der Waals surface area contributed by atoms with Crippen LogP contribution in [0, 0.1) is 5.41 Å². The van der Waals surface area contributed by atoms with Crippen molar-refractivity contribution in [2.45, 2.75) is 72.1 Å². The van der Waals surface area contributed by atoms with Gasteiger partial charge in [0.05, 0.1) is 23.9 Å². The second kappa shape index (κ2) is 10.2. The Balaban J connectivity index is 1.48. The number of hydrogen-bond acceptors (Lipinski definition) is 5. The molecule has 7 heteroatoms. The van der Waals surface area contributed by atoms with Crippen molar-refractivity contribution in [3.8, 4) is 0 Å². The smallest absolute Gasteiger partial charge is 0.243 e. The quantitative estimate of drug-likeness (QED) is 0.687. The van der Waals surface area contributed by atoms with Gasteiger partial charge in [-0.2, -0.15) is 5.10 Å². The number of rotatable bonds is 4. The summed E-state index contributed by atoms with van der Waals surface area (Å²) in [5.41, 5.74) is 6.50. The number of fused-ring (bicyclic) bond motifs is 1. The molecule has 1 aliphatic carbocycles. The fourth-order valence-electron chi connectivity index (χ4n) is 5.38. The van der Waals surface area contributed by atoms with Crippen molar-refractivity contribution in [3.05, 3.63) is 59.1 Å². The third kappa shape index (κ3) is 5.78. The van der Waals surface area contributed by atoms with Crippen molar-refractivity contribution >= 4 is 11.6 Å². The highest BCUT2D eigenvalue weighted by Gasteiger charge is 2.32. The van der Waals surface area contributed by atoms with Gasteiger partial charge in [0.15, 0.2) is 0 Å². The molecule has 0 bridgehead atoms. The maximum Gasteiger partial charge on any atom is 0.243 e. The lowest BCUT2D eigenvalue weighted by Gasteiger charge is -2.39. The fourth-order valence-corrected chi connectivity index (χ4v) is 5.38. The Kier molecular flexibility index (Phi) is 7.38. The van der Waals surface area contributed by atoms with Crippen molar-refractivity contribution in [1.29, 1.82) is 0 Å². The third-order valence-electron chi connectivity index (χ3n) is 7.39. The minimum atomic E-state index is -0.222. The van der Waals surface area contributed by atoms with Gasteiger partial charge in [0.1, 0.15) is 5.69 Å². The predicted molar refractivity (Wildman–Crippen MR) is 141 cm³/mol. The molecule has 0 radical (unpaired) electrons. The number of aromatic nitrogens is 2. The zero-order valence-electron chi connectivity index (χ0n) is 22.1. The number of allylic oxidation sites excluding steroid dienone is 4. The predicted octanol–water partition coefficient (Wildman–Crippen LogP) is 3.82. The van der Waals surface area contributed by atoms with Crippen LogP contribution in [0.15, 0.2) is 42.2 Å². The fraction of sp³-hybridized carbons (Fsp3) is 0.571. The zero-order chi connectivity index (χ0) is 25.3. The lowest BCUT2D eigenvalue weighted by atomic mass is 9.76. The van der Waals surface area contributed by atoms with Gasteiger partial charge < -0.3 is 15.0 Å². The molecule has 3 heterocycles. The van der Waals surface area contributed by atoms with Crippen molar-refractivity contribution in [2.75, 3.05) is 26.7 Å². The molecule has 0 spiro atoms. The second-order valence-electron chi connectivity index (χ2n) is 11.1. The second-order valence-corrected chi connectivity index (χ2v) is 11.1. The Morgan fingerprint density at radius 1 is 1.29 bits per heavy atom. The molecule has 1 aromatic heterocycles. The normalized spacial score (nSPS) is 29.7. The summed E-state index contributed by atoms with van der Waals surface area (Å²) in [6.07, 6.45) is 11.5. The number of carbonyl (C=O) groups is 1. The van der Waals surface area contributed by atoms with E-state index >= 15 is 0 Å². The monoisotopic (exact) mass is 479 g/mol. The van der Waals surface area contributed by atoms with Crippen molar-refractivity contribution in [3.63, 3.8) is 0 Å². The summed E-state index contributed by atoms with van der Waals surface area (Å²) in [6, 6.07) is -0.222. The molecule has 3 atom stereocenters. The van der Waals surface area contributed by atoms with Gasteiger partial charge in [-0.15, -0.1) is 0 Å². The Morgan fingerprint density at radius 2 is 2.00 bits per heavy atom. The molecule has 1 amide bonds. The standard InChI is InChI=1S/C28H41N5O2/c1-18-8-9-22(32(7)27(34)21(4)33-16-19(2)35-20(3)17-33)11-13-29-24(14-18)26-23-10-12-28(5,6)15-25(23)30-31-26/h8-9,11,14,19-21,29H,1,10,12-13,15-17H2,2-7H3,(H,30,31)/b9-8-,22-11+,24-14-. The van der Waals surface area contributed by atoms with E-state index < -0.39 is 0 Å². The Bertz CT molecular complexity index is 1050. The maximum atomic E-state index is 13.4. The number of aromatic amines is 1. The van der Waals surface area contributed by atoms with Crippen LogP contribution in [0.3, 0.4) is 0 Å². The number of hydrogen-bond donors (Lipinski definition) is 2. The molecule has 7 nitrogen and oxygen atoms in total. The third-order valence-corrected chi connectivity index (χ3v) is 7.39. The van der Waals surface area contributed by atoms with Crippen LogP contribution in [-0.2, 0) is 22.4 Å². The summed E-state index contributed by atoms with van der Waals surface area (Å²) in [5, 5.41) is 11.5. The molecule has 2 aliphatic heterocycles. The highest BCUT2D eigenvalue weighted by molar-refractivity contribution is 5.83. The molecule has 35 heavy (non-hydrogen) atoms. The highest BCUT2D eigenvalue weighted by Crippen LogP contribution is 2.36. The first-order valence-electron chi connectivity index (χ1n) is 12.8. The summed E-state index contributed by atoms with van der Waals surface area (Å²) in [7, 11) is 1.85. The van der Waals surface area contributed by atoms with E-state index in [9.17, 15) is 4.79 Å². The average molecular weight is 480 g/mol. The van der Waals surface area contributed by atoms with Crippen LogP contribution in [0.25, 0.3) is 5.70 Å². The minimum Gasteiger partial charge on any atom is -0.380 e. The van der Waals surface area contributed by atoms with Gasteiger partial charge in [-0.25, -0.2) is 0 Å². The van der Waals surface area contributed by atoms with Crippen LogP contribution in [-0.4, -0.2) is 70.8 Å². The molecular formula is C28H41N5O2. The molecular weight excluding hydrogens is 438 g/mol. The maximum absolute atomic E-state index is 13.4. The lowest BCUT2D eigenvalue weighted by Crippen LogP contribution is -2.54. The van der Waals surface area contributed by atoms with E-state index in [1.54, 1.807) is 4.90 Å². The lowest BCUT2D eigenvalue weighted by molar-refractivity contribution is -0.138. The number of carbonyl (C=O) groups excluding carboxylic acids is 1. The molecule has 1 fully saturated rings. The van der Waals surface area contributed by atoms with Crippen LogP contribution in [0.4, 0.5) is 0 Å². The molecule has 3 unspecified atom stereocenters. The zero-order valence-corrected chi connectivity index (χ0v) is 22.1. The number of H-pyrrole nitrogens is 1. The molecule has 4 rings (SSSR count). The first kappa shape index (κ1) is 25.5. The molecule has 2 N–H and O–H groups in total. The largest absolute Gasteiger partial charge is 0.380 e. The number of nitrogens with one attached hydrogen (secondary N) is 2. The average Bonchev–Trinajstić information content (AvgIpc) is 3.22. The van der Waals surface area contributed by atoms with Crippen molar-refractivity contribution in [2.24, 2.45) is 5.41 Å². The summed E-state index contributed by atoms with van der Waals surface area (Å²) in [4.78, 5) is 17.4. The molecule has 0 saturated carbocycles. The number of amides is 1. The Labute approximate surface area is 210 Å². The van der Waals surface area contributed by atoms with Crippen LogP contribution in [0.1, 0.15) is 58.0 Å². The van der Waals surface area contributed by atoms with E-state index in [-0.39, 0.29) is 24.2 Å². The minimum absolute atomic E-state index is 0.0734.